The molecule has 2 N–H and O–H groups in total. The van der Waals surface area contributed by atoms with Crippen LogP contribution in [-0.2, 0) is 8.85 Å². The fourth-order valence-electron chi connectivity index (χ4n) is 1.30. The zero-order chi connectivity index (χ0) is 9.73. The standard InChI is InChI=1S/C9H15NO2Si/c1-11-13(8-10,12-2)9-6-4-3-5-7-9/h3-7H,8,10H2,1-2H3. The zero-order valence-corrected chi connectivity index (χ0v) is 8.99. The normalized spacial score (nSPS) is 11.6. The first kappa shape index (κ1) is 10.4. The average Bonchev–Trinajstić information content (AvgIpc) is 2.23. The molecule has 72 valence electrons. The van der Waals surface area contributed by atoms with E-state index in [1.54, 1.807) is 14.2 Å². The van der Waals surface area contributed by atoms with Crippen LogP contribution in [-0.4, -0.2) is 28.9 Å². The molecule has 1 rings (SSSR count). The summed E-state index contributed by atoms with van der Waals surface area (Å²) in [6.07, 6.45) is 0.435. The Labute approximate surface area is 79.7 Å². The second-order valence-electron chi connectivity index (χ2n) is 2.73. The third-order valence-electron chi connectivity index (χ3n) is 2.14. The highest BCUT2D eigenvalue weighted by molar-refractivity contribution is 6.81. The Kier molecular flexibility index (Phi) is 3.62. The van der Waals surface area contributed by atoms with E-state index in [1.807, 2.05) is 30.3 Å². The van der Waals surface area contributed by atoms with Gasteiger partial charge in [0.15, 0.2) is 0 Å². The number of rotatable bonds is 4. The minimum atomic E-state index is -2.32. The molecule has 4 heteroatoms. The van der Waals surface area contributed by atoms with Crippen LogP contribution in [0.2, 0.25) is 0 Å². The second kappa shape index (κ2) is 4.52. The number of hydrogen-bond donors (Lipinski definition) is 1. The highest BCUT2D eigenvalue weighted by Crippen LogP contribution is 2.03. The van der Waals surface area contributed by atoms with E-state index in [2.05, 4.69) is 0 Å². The van der Waals surface area contributed by atoms with Gasteiger partial charge in [0.1, 0.15) is 0 Å². The molecule has 0 amide bonds. The first-order valence-electron chi connectivity index (χ1n) is 4.15. The number of benzene rings is 1. The van der Waals surface area contributed by atoms with Crippen molar-refractivity contribution in [1.82, 2.24) is 0 Å². The maximum atomic E-state index is 5.67. The predicted molar refractivity (Wildman–Crippen MR) is 54.9 cm³/mol. The van der Waals surface area contributed by atoms with Gasteiger partial charge in [0.2, 0.25) is 0 Å². The Hall–Kier alpha value is -0.683. The van der Waals surface area contributed by atoms with Crippen molar-refractivity contribution in [1.29, 1.82) is 0 Å². The fraction of sp³-hybridized carbons (Fsp3) is 0.333. The third-order valence-corrected chi connectivity index (χ3v) is 5.21. The Morgan fingerprint density at radius 1 is 1.15 bits per heavy atom. The lowest BCUT2D eigenvalue weighted by Gasteiger charge is -2.25. The summed E-state index contributed by atoms with van der Waals surface area (Å²) in [5.41, 5.74) is 5.67. The van der Waals surface area contributed by atoms with Crippen molar-refractivity contribution >= 4 is 13.7 Å². The van der Waals surface area contributed by atoms with Gasteiger partial charge < -0.3 is 14.6 Å². The molecule has 0 fully saturated rings. The van der Waals surface area contributed by atoms with Crippen LogP contribution in [0, 0.1) is 0 Å². The molecule has 0 aliphatic heterocycles. The molecule has 0 saturated carbocycles. The van der Waals surface area contributed by atoms with Crippen LogP contribution in [0.4, 0.5) is 0 Å². The summed E-state index contributed by atoms with van der Waals surface area (Å²) in [7, 11) is 0.981. The van der Waals surface area contributed by atoms with Gasteiger partial charge in [-0.15, -0.1) is 0 Å². The molecular weight excluding hydrogens is 182 g/mol. The van der Waals surface area contributed by atoms with E-state index in [0.717, 1.165) is 5.19 Å². The Morgan fingerprint density at radius 3 is 2.08 bits per heavy atom. The number of hydrogen-bond acceptors (Lipinski definition) is 3. The van der Waals surface area contributed by atoms with E-state index >= 15 is 0 Å². The van der Waals surface area contributed by atoms with E-state index in [0.29, 0.717) is 6.17 Å². The second-order valence-corrected chi connectivity index (χ2v) is 6.04. The van der Waals surface area contributed by atoms with Gasteiger partial charge in [-0.25, -0.2) is 0 Å². The van der Waals surface area contributed by atoms with Crippen molar-refractivity contribution in [2.24, 2.45) is 5.73 Å². The monoisotopic (exact) mass is 197 g/mol. The van der Waals surface area contributed by atoms with Gasteiger partial charge in [0, 0.05) is 20.4 Å². The molecule has 13 heavy (non-hydrogen) atoms. The van der Waals surface area contributed by atoms with Crippen molar-refractivity contribution < 1.29 is 8.85 Å². The first-order valence-corrected chi connectivity index (χ1v) is 6.17. The minimum absolute atomic E-state index is 0.435. The van der Waals surface area contributed by atoms with Crippen LogP contribution < -0.4 is 10.9 Å². The fourth-order valence-corrected chi connectivity index (χ4v) is 3.20. The summed E-state index contributed by atoms with van der Waals surface area (Å²) in [4.78, 5) is 0. The van der Waals surface area contributed by atoms with Crippen molar-refractivity contribution in [3.8, 4) is 0 Å². The molecule has 0 saturated heterocycles. The molecule has 0 heterocycles. The molecule has 0 aliphatic rings. The van der Waals surface area contributed by atoms with Gasteiger partial charge in [-0.3, -0.25) is 0 Å². The molecular formula is C9H15NO2Si. The largest absolute Gasteiger partial charge is 0.394 e. The molecule has 1 aromatic rings. The SMILES string of the molecule is CO[Si](CN)(OC)c1ccccc1. The van der Waals surface area contributed by atoms with Gasteiger partial charge in [-0.2, -0.15) is 0 Å². The van der Waals surface area contributed by atoms with Gasteiger partial charge in [-0.05, 0) is 5.19 Å². The molecule has 0 bridgehead atoms. The van der Waals surface area contributed by atoms with Crippen LogP contribution in [0.25, 0.3) is 0 Å². The maximum Gasteiger partial charge on any atom is 0.386 e. The Bertz CT molecular complexity index is 241. The lowest BCUT2D eigenvalue weighted by molar-refractivity contribution is 0.259. The molecule has 0 aliphatic carbocycles. The molecule has 0 atom stereocenters. The molecule has 3 nitrogen and oxygen atoms in total. The van der Waals surface area contributed by atoms with Gasteiger partial charge in [-0.1, -0.05) is 30.3 Å². The molecule has 0 radical (unpaired) electrons. The quantitative estimate of drug-likeness (QED) is 0.698. The summed E-state index contributed by atoms with van der Waals surface area (Å²) in [6, 6.07) is 9.87. The molecule has 1 aromatic carbocycles. The Balaban J connectivity index is 3.01. The lowest BCUT2D eigenvalue weighted by Crippen LogP contribution is -2.58. The Morgan fingerprint density at radius 2 is 1.69 bits per heavy atom. The third kappa shape index (κ3) is 1.97. The average molecular weight is 197 g/mol. The van der Waals surface area contributed by atoms with Gasteiger partial charge >= 0.3 is 8.56 Å². The summed E-state index contributed by atoms with van der Waals surface area (Å²) in [6.45, 7) is 0. The van der Waals surface area contributed by atoms with E-state index in [9.17, 15) is 0 Å². The highest BCUT2D eigenvalue weighted by Gasteiger charge is 2.36. The van der Waals surface area contributed by atoms with Crippen molar-refractivity contribution in [2.75, 3.05) is 20.4 Å². The smallest absolute Gasteiger partial charge is 0.386 e. The summed E-state index contributed by atoms with van der Waals surface area (Å²) < 4.78 is 10.8. The van der Waals surface area contributed by atoms with Crippen molar-refractivity contribution in [2.45, 2.75) is 0 Å². The first-order chi connectivity index (χ1) is 6.29. The maximum absolute atomic E-state index is 5.67. The predicted octanol–water partition coefficient (Wildman–Crippen LogP) is 0.127. The minimum Gasteiger partial charge on any atom is -0.394 e. The zero-order valence-electron chi connectivity index (χ0n) is 7.99. The van der Waals surface area contributed by atoms with Crippen LogP contribution in [0.15, 0.2) is 30.3 Å². The lowest BCUT2D eigenvalue weighted by atomic mass is 10.4. The number of nitrogens with two attached hydrogens (primary N) is 1. The molecule has 0 unspecified atom stereocenters. The van der Waals surface area contributed by atoms with Crippen molar-refractivity contribution in [3.63, 3.8) is 0 Å². The van der Waals surface area contributed by atoms with E-state index in [4.69, 9.17) is 14.6 Å². The van der Waals surface area contributed by atoms with Crippen LogP contribution in [0.1, 0.15) is 0 Å². The van der Waals surface area contributed by atoms with E-state index in [1.165, 1.54) is 0 Å². The van der Waals surface area contributed by atoms with Crippen LogP contribution in [0.5, 0.6) is 0 Å². The molecule has 0 spiro atoms. The van der Waals surface area contributed by atoms with Crippen LogP contribution in [0.3, 0.4) is 0 Å². The van der Waals surface area contributed by atoms with Gasteiger partial charge in [0.05, 0.1) is 0 Å². The molecule has 0 aromatic heterocycles. The van der Waals surface area contributed by atoms with Crippen molar-refractivity contribution in [3.05, 3.63) is 30.3 Å². The van der Waals surface area contributed by atoms with Crippen LogP contribution >= 0.6 is 0 Å². The van der Waals surface area contributed by atoms with E-state index in [-0.39, 0.29) is 0 Å². The van der Waals surface area contributed by atoms with E-state index < -0.39 is 8.56 Å². The van der Waals surface area contributed by atoms with Gasteiger partial charge in [0.25, 0.3) is 0 Å². The topological polar surface area (TPSA) is 44.5 Å². The summed E-state index contributed by atoms with van der Waals surface area (Å²) in [5, 5.41) is 1.07. The summed E-state index contributed by atoms with van der Waals surface area (Å²) >= 11 is 0. The summed E-state index contributed by atoms with van der Waals surface area (Å²) in [5.74, 6) is 0. The highest BCUT2D eigenvalue weighted by atomic mass is 28.4.